The van der Waals surface area contributed by atoms with E-state index in [2.05, 4.69) is 0 Å². The molecule has 0 radical (unpaired) electrons. The molecule has 2 rings (SSSR count). The van der Waals surface area contributed by atoms with Crippen LogP contribution in [0.1, 0.15) is 17.5 Å². The molecule has 1 amide bonds. The van der Waals surface area contributed by atoms with Gasteiger partial charge in [0, 0.05) is 26.7 Å². The first kappa shape index (κ1) is 13.1. The third-order valence-electron chi connectivity index (χ3n) is 3.51. The fraction of sp³-hybridized carbons (Fsp3) is 0.500. The molecular weight excluding hydrogens is 228 g/mol. The highest BCUT2D eigenvalue weighted by molar-refractivity contribution is 5.79. The second kappa shape index (κ2) is 5.98. The number of rotatable bonds is 4. The molecule has 1 unspecified atom stereocenters. The van der Waals surface area contributed by atoms with E-state index in [1.807, 2.05) is 29.2 Å². The van der Waals surface area contributed by atoms with Crippen molar-refractivity contribution in [2.45, 2.75) is 25.5 Å². The molecule has 0 bridgehead atoms. The largest absolute Gasteiger partial charge is 0.380 e. The SMILES string of the molecule is COC1CCN(C(=O)Cc2ccccc2CN)C1. The van der Waals surface area contributed by atoms with Gasteiger partial charge >= 0.3 is 0 Å². The van der Waals surface area contributed by atoms with Crippen LogP contribution in [0.4, 0.5) is 0 Å². The standard InChI is InChI=1S/C14H20N2O2/c1-18-13-6-7-16(10-13)14(17)8-11-4-2-3-5-12(11)9-15/h2-5,13H,6-10,15H2,1H3. The molecule has 4 nitrogen and oxygen atoms in total. The van der Waals surface area contributed by atoms with E-state index in [0.29, 0.717) is 19.5 Å². The Bertz CT molecular complexity index is 420. The summed E-state index contributed by atoms with van der Waals surface area (Å²) in [6.07, 6.45) is 1.56. The molecular formula is C14H20N2O2. The van der Waals surface area contributed by atoms with E-state index in [9.17, 15) is 4.79 Å². The Hall–Kier alpha value is -1.39. The van der Waals surface area contributed by atoms with E-state index in [1.54, 1.807) is 7.11 Å². The minimum Gasteiger partial charge on any atom is -0.380 e. The Labute approximate surface area is 108 Å². The number of nitrogens with two attached hydrogens (primary N) is 1. The van der Waals surface area contributed by atoms with Crippen LogP contribution in [-0.2, 0) is 22.5 Å². The number of nitrogens with zero attached hydrogens (tertiary/aromatic N) is 1. The third kappa shape index (κ3) is 2.89. The smallest absolute Gasteiger partial charge is 0.227 e. The molecule has 0 spiro atoms. The number of amides is 1. The van der Waals surface area contributed by atoms with Crippen molar-refractivity contribution in [3.05, 3.63) is 35.4 Å². The van der Waals surface area contributed by atoms with Crippen LogP contribution in [0.3, 0.4) is 0 Å². The molecule has 0 aromatic heterocycles. The van der Waals surface area contributed by atoms with Gasteiger partial charge in [0.05, 0.1) is 12.5 Å². The molecule has 0 saturated carbocycles. The van der Waals surface area contributed by atoms with Gasteiger partial charge < -0.3 is 15.4 Å². The minimum absolute atomic E-state index is 0.162. The van der Waals surface area contributed by atoms with E-state index in [1.165, 1.54) is 0 Å². The van der Waals surface area contributed by atoms with E-state index >= 15 is 0 Å². The number of ether oxygens (including phenoxy) is 1. The van der Waals surface area contributed by atoms with Crippen molar-refractivity contribution in [3.8, 4) is 0 Å². The molecule has 4 heteroatoms. The van der Waals surface area contributed by atoms with Gasteiger partial charge in [0.15, 0.2) is 0 Å². The van der Waals surface area contributed by atoms with Gasteiger partial charge in [0.2, 0.25) is 5.91 Å². The van der Waals surface area contributed by atoms with Crippen molar-refractivity contribution in [1.82, 2.24) is 4.90 Å². The maximum absolute atomic E-state index is 12.2. The summed E-state index contributed by atoms with van der Waals surface area (Å²) < 4.78 is 5.27. The van der Waals surface area contributed by atoms with Gasteiger partial charge in [-0.1, -0.05) is 24.3 Å². The normalized spacial score (nSPS) is 19.2. The Morgan fingerprint density at radius 1 is 1.44 bits per heavy atom. The zero-order chi connectivity index (χ0) is 13.0. The van der Waals surface area contributed by atoms with Crippen molar-refractivity contribution >= 4 is 5.91 Å². The molecule has 1 heterocycles. The first-order valence-electron chi connectivity index (χ1n) is 6.32. The van der Waals surface area contributed by atoms with Crippen LogP contribution in [0.2, 0.25) is 0 Å². The Morgan fingerprint density at radius 2 is 2.17 bits per heavy atom. The zero-order valence-corrected chi connectivity index (χ0v) is 10.8. The third-order valence-corrected chi connectivity index (χ3v) is 3.51. The maximum atomic E-state index is 12.2. The lowest BCUT2D eigenvalue weighted by Gasteiger charge is -2.17. The summed E-state index contributed by atoms with van der Waals surface area (Å²) in [7, 11) is 1.70. The molecule has 98 valence electrons. The van der Waals surface area contributed by atoms with Crippen molar-refractivity contribution in [1.29, 1.82) is 0 Å². The number of carbonyl (C=O) groups excluding carboxylic acids is 1. The number of carbonyl (C=O) groups is 1. The first-order chi connectivity index (χ1) is 8.74. The second-order valence-corrected chi connectivity index (χ2v) is 4.64. The Kier molecular flexibility index (Phi) is 4.33. The number of hydrogen-bond donors (Lipinski definition) is 1. The molecule has 1 atom stereocenters. The number of methoxy groups -OCH3 is 1. The molecule has 1 fully saturated rings. The quantitative estimate of drug-likeness (QED) is 0.862. The minimum atomic E-state index is 0.162. The summed E-state index contributed by atoms with van der Waals surface area (Å²) >= 11 is 0. The lowest BCUT2D eigenvalue weighted by Crippen LogP contribution is -2.31. The van der Waals surface area contributed by atoms with Gasteiger partial charge in [0.1, 0.15) is 0 Å². The van der Waals surface area contributed by atoms with Gasteiger partial charge in [-0.25, -0.2) is 0 Å². The van der Waals surface area contributed by atoms with Crippen LogP contribution in [0.25, 0.3) is 0 Å². The van der Waals surface area contributed by atoms with Crippen LogP contribution in [-0.4, -0.2) is 37.1 Å². The highest BCUT2D eigenvalue weighted by Crippen LogP contribution is 2.15. The zero-order valence-electron chi connectivity index (χ0n) is 10.8. The van der Waals surface area contributed by atoms with Crippen molar-refractivity contribution in [3.63, 3.8) is 0 Å². The highest BCUT2D eigenvalue weighted by atomic mass is 16.5. The topological polar surface area (TPSA) is 55.6 Å². The molecule has 1 aliphatic heterocycles. The number of benzene rings is 1. The average Bonchev–Trinajstić information content (AvgIpc) is 2.88. The summed E-state index contributed by atoms with van der Waals surface area (Å²) in [6.45, 7) is 1.98. The lowest BCUT2D eigenvalue weighted by molar-refractivity contribution is -0.129. The summed E-state index contributed by atoms with van der Waals surface area (Å²) in [6, 6.07) is 7.85. The van der Waals surface area contributed by atoms with Crippen molar-refractivity contribution < 1.29 is 9.53 Å². The van der Waals surface area contributed by atoms with Crippen molar-refractivity contribution in [2.75, 3.05) is 20.2 Å². The average molecular weight is 248 g/mol. The highest BCUT2D eigenvalue weighted by Gasteiger charge is 2.26. The Balaban J connectivity index is 1.99. The predicted molar refractivity (Wildman–Crippen MR) is 70.0 cm³/mol. The van der Waals surface area contributed by atoms with Crippen LogP contribution in [0.15, 0.2) is 24.3 Å². The van der Waals surface area contributed by atoms with E-state index in [4.69, 9.17) is 10.5 Å². The van der Waals surface area contributed by atoms with Gasteiger partial charge in [-0.15, -0.1) is 0 Å². The van der Waals surface area contributed by atoms with Gasteiger partial charge in [-0.3, -0.25) is 4.79 Å². The van der Waals surface area contributed by atoms with Gasteiger partial charge in [-0.2, -0.15) is 0 Å². The first-order valence-corrected chi connectivity index (χ1v) is 6.32. The van der Waals surface area contributed by atoms with E-state index in [-0.39, 0.29) is 12.0 Å². The second-order valence-electron chi connectivity index (χ2n) is 4.64. The van der Waals surface area contributed by atoms with Crippen LogP contribution >= 0.6 is 0 Å². The molecule has 1 aromatic rings. The molecule has 1 saturated heterocycles. The summed E-state index contributed by atoms with van der Waals surface area (Å²) in [4.78, 5) is 14.1. The lowest BCUT2D eigenvalue weighted by atomic mass is 10.0. The fourth-order valence-corrected chi connectivity index (χ4v) is 2.35. The van der Waals surface area contributed by atoms with Crippen LogP contribution in [0, 0.1) is 0 Å². The number of likely N-dealkylation sites (tertiary alicyclic amines) is 1. The predicted octanol–water partition coefficient (Wildman–Crippen LogP) is 0.935. The molecule has 1 aliphatic rings. The molecule has 18 heavy (non-hydrogen) atoms. The van der Waals surface area contributed by atoms with Gasteiger partial charge in [0.25, 0.3) is 0 Å². The summed E-state index contributed by atoms with van der Waals surface area (Å²) in [5, 5.41) is 0. The molecule has 0 aliphatic carbocycles. The van der Waals surface area contributed by atoms with Crippen LogP contribution in [0.5, 0.6) is 0 Å². The van der Waals surface area contributed by atoms with E-state index < -0.39 is 0 Å². The number of hydrogen-bond acceptors (Lipinski definition) is 3. The van der Waals surface area contributed by atoms with Crippen molar-refractivity contribution in [2.24, 2.45) is 5.73 Å². The molecule has 2 N–H and O–H groups in total. The Morgan fingerprint density at radius 3 is 2.78 bits per heavy atom. The maximum Gasteiger partial charge on any atom is 0.227 e. The molecule has 1 aromatic carbocycles. The summed E-state index contributed by atoms with van der Waals surface area (Å²) in [5.41, 5.74) is 7.76. The monoisotopic (exact) mass is 248 g/mol. The fourth-order valence-electron chi connectivity index (χ4n) is 2.35. The van der Waals surface area contributed by atoms with Crippen LogP contribution < -0.4 is 5.73 Å². The van der Waals surface area contributed by atoms with E-state index in [0.717, 1.165) is 24.1 Å². The summed E-state index contributed by atoms with van der Waals surface area (Å²) in [5.74, 6) is 0.162. The van der Waals surface area contributed by atoms with Gasteiger partial charge in [-0.05, 0) is 17.5 Å².